The van der Waals surface area contributed by atoms with Gasteiger partial charge in [0.25, 0.3) is 0 Å². The van der Waals surface area contributed by atoms with Crippen molar-refractivity contribution in [1.82, 2.24) is 5.32 Å². The maximum absolute atomic E-state index is 3.58. The van der Waals surface area contributed by atoms with Crippen LogP contribution in [0.1, 0.15) is 30.9 Å². The first-order chi connectivity index (χ1) is 7.27. The molecule has 1 aromatic carbocycles. The minimum absolute atomic E-state index is 0. The average molecular weight is 277 g/mol. The van der Waals surface area contributed by atoms with E-state index < -0.39 is 0 Å². The number of rotatable bonds is 2. The van der Waals surface area contributed by atoms with Crippen LogP contribution in [-0.2, 0) is 0 Å². The van der Waals surface area contributed by atoms with Crippen LogP contribution in [0.25, 0.3) is 0 Å². The second-order valence-electron chi connectivity index (χ2n) is 4.49. The van der Waals surface area contributed by atoms with Gasteiger partial charge < -0.3 is 10.2 Å². The van der Waals surface area contributed by atoms with E-state index in [1.54, 1.807) is 0 Å². The van der Waals surface area contributed by atoms with Crippen LogP contribution in [0.4, 0.5) is 5.69 Å². The summed E-state index contributed by atoms with van der Waals surface area (Å²) < 4.78 is 0. The molecular formula is C13H22Cl2N2. The highest BCUT2D eigenvalue weighted by molar-refractivity contribution is 5.85. The molecule has 1 saturated heterocycles. The van der Waals surface area contributed by atoms with Crippen LogP contribution in [0.2, 0.25) is 0 Å². The first-order valence-electron chi connectivity index (χ1n) is 5.78. The molecule has 4 heteroatoms. The number of anilines is 1. The lowest BCUT2D eigenvalue weighted by Gasteiger charge is -2.25. The first-order valence-corrected chi connectivity index (χ1v) is 5.78. The highest BCUT2D eigenvalue weighted by atomic mass is 35.5. The standard InChI is InChI=1S/C13H20N2.2ClH/c1-15(2)12-7-5-6-11(10-12)13-8-3-4-9-14-13;;/h5-7,10,13-14H,3-4,8-9H2,1-2H3;2*1H. The van der Waals surface area contributed by atoms with Crippen molar-refractivity contribution in [3.63, 3.8) is 0 Å². The van der Waals surface area contributed by atoms with Crippen LogP contribution >= 0.6 is 24.8 Å². The van der Waals surface area contributed by atoms with E-state index in [-0.39, 0.29) is 24.8 Å². The molecular weight excluding hydrogens is 255 g/mol. The van der Waals surface area contributed by atoms with Crippen molar-refractivity contribution in [1.29, 1.82) is 0 Å². The Hall–Kier alpha value is -0.440. The van der Waals surface area contributed by atoms with Gasteiger partial charge in [-0.2, -0.15) is 0 Å². The molecule has 1 N–H and O–H groups in total. The summed E-state index contributed by atoms with van der Waals surface area (Å²) >= 11 is 0. The fourth-order valence-electron chi connectivity index (χ4n) is 2.16. The van der Waals surface area contributed by atoms with Gasteiger partial charge >= 0.3 is 0 Å². The Balaban J connectivity index is 0.00000128. The molecule has 1 atom stereocenters. The molecule has 1 heterocycles. The number of piperidine rings is 1. The largest absolute Gasteiger partial charge is 0.378 e. The molecule has 1 aliphatic heterocycles. The third-order valence-corrected chi connectivity index (χ3v) is 3.10. The summed E-state index contributed by atoms with van der Waals surface area (Å²) in [6, 6.07) is 9.41. The maximum Gasteiger partial charge on any atom is 0.0364 e. The predicted octanol–water partition coefficient (Wildman–Crippen LogP) is 3.41. The Morgan fingerprint density at radius 1 is 1.18 bits per heavy atom. The summed E-state index contributed by atoms with van der Waals surface area (Å²) in [5.74, 6) is 0. The zero-order valence-corrected chi connectivity index (χ0v) is 12.1. The molecule has 0 radical (unpaired) electrons. The number of benzene rings is 1. The Kier molecular flexibility index (Phi) is 7.60. The zero-order chi connectivity index (χ0) is 10.7. The topological polar surface area (TPSA) is 15.3 Å². The molecule has 1 aromatic rings. The maximum atomic E-state index is 3.58. The molecule has 98 valence electrons. The molecule has 0 bridgehead atoms. The number of hydrogen-bond acceptors (Lipinski definition) is 2. The van der Waals surface area contributed by atoms with E-state index in [1.807, 2.05) is 0 Å². The Morgan fingerprint density at radius 3 is 2.53 bits per heavy atom. The van der Waals surface area contributed by atoms with Gasteiger partial charge in [-0.1, -0.05) is 18.6 Å². The van der Waals surface area contributed by atoms with Crippen molar-refractivity contribution in [3.05, 3.63) is 29.8 Å². The number of hydrogen-bond donors (Lipinski definition) is 1. The zero-order valence-electron chi connectivity index (χ0n) is 10.5. The van der Waals surface area contributed by atoms with E-state index in [9.17, 15) is 0 Å². The molecule has 17 heavy (non-hydrogen) atoms. The summed E-state index contributed by atoms with van der Waals surface area (Å²) in [6.07, 6.45) is 3.95. The van der Waals surface area contributed by atoms with E-state index >= 15 is 0 Å². The normalized spacial score (nSPS) is 18.8. The van der Waals surface area contributed by atoms with Crippen LogP contribution in [0.5, 0.6) is 0 Å². The second-order valence-corrected chi connectivity index (χ2v) is 4.49. The SMILES string of the molecule is CN(C)c1cccc(C2CCCCN2)c1.Cl.Cl. The monoisotopic (exact) mass is 276 g/mol. The average Bonchev–Trinajstić information content (AvgIpc) is 2.30. The van der Waals surface area contributed by atoms with Crippen molar-refractivity contribution < 1.29 is 0 Å². The molecule has 0 amide bonds. The third kappa shape index (κ3) is 4.38. The van der Waals surface area contributed by atoms with Gasteiger partial charge in [-0.15, -0.1) is 24.8 Å². The highest BCUT2D eigenvalue weighted by Crippen LogP contribution is 2.25. The first kappa shape index (κ1) is 16.6. The molecule has 1 unspecified atom stereocenters. The Morgan fingerprint density at radius 2 is 1.94 bits per heavy atom. The van der Waals surface area contributed by atoms with Crippen LogP contribution in [-0.4, -0.2) is 20.6 Å². The van der Waals surface area contributed by atoms with Crippen molar-refractivity contribution in [2.45, 2.75) is 25.3 Å². The fourth-order valence-corrected chi connectivity index (χ4v) is 2.16. The van der Waals surface area contributed by atoms with Crippen LogP contribution in [0.3, 0.4) is 0 Å². The van der Waals surface area contributed by atoms with Gasteiger partial charge in [0.05, 0.1) is 0 Å². The quantitative estimate of drug-likeness (QED) is 0.891. The van der Waals surface area contributed by atoms with Crippen LogP contribution < -0.4 is 10.2 Å². The molecule has 2 rings (SSSR count). The van der Waals surface area contributed by atoms with Gasteiger partial charge in [0, 0.05) is 25.8 Å². The molecule has 1 aliphatic rings. The summed E-state index contributed by atoms with van der Waals surface area (Å²) in [4.78, 5) is 2.16. The lowest BCUT2D eigenvalue weighted by atomic mass is 9.97. The summed E-state index contributed by atoms with van der Waals surface area (Å²) in [5, 5.41) is 3.58. The van der Waals surface area contributed by atoms with Gasteiger partial charge in [-0.3, -0.25) is 0 Å². The Bertz CT molecular complexity index is 323. The summed E-state index contributed by atoms with van der Waals surface area (Å²) in [7, 11) is 4.18. The second kappa shape index (κ2) is 7.80. The minimum atomic E-state index is 0. The summed E-state index contributed by atoms with van der Waals surface area (Å²) in [6.45, 7) is 1.16. The van der Waals surface area contributed by atoms with Crippen LogP contribution in [0, 0.1) is 0 Å². The van der Waals surface area contributed by atoms with Gasteiger partial charge in [0.15, 0.2) is 0 Å². The van der Waals surface area contributed by atoms with Crippen molar-refractivity contribution in [3.8, 4) is 0 Å². The molecule has 0 saturated carbocycles. The number of nitrogens with one attached hydrogen (secondary N) is 1. The van der Waals surface area contributed by atoms with E-state index in [0.29, 0.717) is 6.04 Å². The fraction of sp³-hybridized carbons (Fsp3) is 0.538. The van der Waals surface area contributed by atoms with E-state index in [2.05, 4.69) is 48.6 Å². The molecule has 0 aromatic heterocycles. The molecule has 0 aliphatic carbocycles. The van der Waals surface area contributed by atoms with Crippen LogP contribution in [0.15, 0.2) is 24.3 Å². The Labute approximate surface area is 117 Å². The third-order valence-electron chi connectivity index (χ3n) is 3.10. The predicted molar refractivity (Wildman–Crippen MR) is 79.9 cm³/mol. The van der Waals surface area contributed by atoms with Crippen molar-refractivity contribution in [2.24, 2.45) is 0 Å². The van der Waals surface area contributed by atoms with E-state index in [1.165, 1.54) is 30.5 Å². The molecule has 2 nitrogen and oxygen atoms in total. The molecule has 1 fully saturated rings. The highest BCUT2D eigenvalue weighted by Gasteiger charge is 2.14. The minimum Gasteiger partial charge on any atom is -0.378 e. The number of halogens is 2. The lowest BCUT2D eigenvalue weighted by molar-refractivity contribution is 0.412. The summed E-state index contributed by atoms with van der Waals surface area (Å²) in [5.41, 5.74) is 2.72. The van der Waals surface area contributed by atoms with Gasteiger partial charge in [0.2, 0.25) is 0 Å². The van der Waals surface area contributed by atoms with Crippen molar-refractivity contribution >= 4 is 30.5 Å². The molecule has 0 spiro atoms. The van der Waals surface area contributed by atoms with E-state index in [0.717, 1.165) is 6.54 Å². The lowest BCUT2D eigenvalue weighted by Crippen LogP contribution is -2.26. The smallest absolute Gasteiger partial charge is 0.0364 e. The number of nitrogens with zero attached hydrogens (tertiary/aromatic N) is 1. The van der Waals surface area contributed by atoms with Gasteiger partial charge in [-0.05, 0) is 37.1 Å². The van der Waals surface area contributed by atoms with Gasteiger partial charge in [-0.25, -0.2) is 0 Å². The van der Waals surface area contributed by atoms with E-state index in [4.69, 9.17) is 0 Å². The van der Waals surface area contributed by atoms with Gasteiger partial charge in [0.1, 0.15) is 0 Å². The van der Waals surface area contributed by atoms with Crippen molar-refractivity contribution in [2.75, 3.05) is 25.5 Å².